The van der Waals surface area contributed by atoms with Crippen LogP contribution in [0.1, 0.15) is 48.7 Å². The predicted molar refractivity (Wildman–Crippen MR) is 125 cm³/mol. The molecule has 1 aromatic carbocycles. The van der Waals surface area contributed by atoms with E-state index in [4.69, 9.17) is 9.94 Å². The number of nitrogens with zero attached hydrogens (tertiary/aromatic N) is 3. The van der Waals surface area contributed by atoms with Crippen molar-refractivity contribution in [1.82, 2.24) is 19.9 Å². The number of hydrogen-bond acceptors (Lipinski definition) is 5. The predicted octanol–water partition coefficient (Wildman–Crippen LogP) is 4.23. The van der Waals surface area contributed by atoms with Crippen LogP contribution in [-0.2, 0) is 11.3 Å². The number of rotatable bonds is 4. The van der Waals surface area contributed by atoms with Crippen molar-refractivity contribution in [2.75, 3.05) is 13.1 Å². The monoisotopic (exact) mass is 448 g/mol. The molecule has 1 aliphatic rings. The molecule has 0 fully saturated rings. The molecule has 0 saturated heterocycles. The first-order chi connectivity index (χ1) is 15.7. The highest BCUT2D eigenvalue weighted by Gasteiger charge is 2.24. The number of fused-ring (bicyclic) bond motifs is 1. The molecule has 172 valence electrons. The Balaban J connectivity index is 1.52. The van der Waals surface area contributed by atoms with Crippen molar-refractivity contribution < 1.29 is 19.5 Å². The fourth-order valence-electron chi connectivity index (χ4n) is 3.93. The second-order valence-corrected chi connectivity index (χ2v) is 9.08. The molecule has 8 nitrogen and oxygen atoms in total. The average molecular weight is 449 g/mol. The van der Waals surface area contributed by atoms with E-state index in [1.807, 2.05) is 51.4 Å². The molecule has 0 spiro atoms. The quantitative estimate of drug-likeness (QED) is 0.460. The summed E-state index contributed by atoms with van der Waals surface area (Å²) in [6.07, 6.45) is 6.37. The minimum atomic E-state index is -0.537. The zero-order chi connectivity index (χ0) is 23.6. The van der Waals surface area contributed by atoms with Crippen molar-refractivity contribution in [3.8, 4) is 0 Å². The third kappa shape index (κ3) is 5.06. The van der Waals surface area contributed by atoms with Gasteiger partial charge in [-0.05, 0) is 68.2 Å². The summed E-state index contributed by atoms with van der Waals surface area (Å²) in [7, 11) is 0. The number of ether oxygens (including phenoxy) is 1. The molecular weight excluding hydrogens is 420 g/mol. The fraction of sp³-hybridized carbons (Fsp3) is 0.320. The largest absolute Gasteiger partial charge is 0.444 e. The summed E-state index contributed by atoms with van der Waals surface area (Å²) < 4.78 is 7.55. The van der Waals surface area contributed by atoms with Gasteiger partial charge in [0.25, 0.3) is 5.91 Å². The van der Waals surface area contributed by atoms with Crippen LogP contribution in [0.15, 0.2) is 54.9 Å². The number of carbonyl (C=O) groups is 2. The molecular formula is C25H28N4O4. The summed E-state index contributed by atoms with van der Waals surface area (Å²) in [6, 6.07) is 11.1. The summed E-state index contributed by atoms with van der Waals surface area (Å²) in [5.41, 5.74) is 5.73. The minimum Gasteiger partial charge on any atom is -0.444 e. The summed E-state index contributed by atoms with van der Waals surface area (Å²) in [5.74, 6) is -0.537. The van der Waals surface area contributed by atoms with E-state index >= 15 is 0 Å². The van der Waals surface area contributed by atoms with Gasteiger partial charge in [-0.2, -0.15) is 0 Å². The number of aromatic nitrogens is 2. The lowest BCUT2D eigenvalue weighted by Gasteiger charge is -2.29. The van der Waals surface area contributed by atoms with Crippen molar-refractivity contribution in [3.63, 3.8) is 0 Å². The van der Waals surface area contributed by atoms with Crippen molar-refractivity contribution in [1.29, 1.82) is 0 Å². The molecule has 3 aromatic rings. The zero-order valence-corrected chi connectivity index (χ0v) is 19.0. The molecule has 4 rings (SSSR count). The molecule has 0 bridgehead atoms. The zero-order valence-electron chi connectivity index (χ0n) is 19.0. The molecule has 2 amide bonds. The van der Waals surface area contributed by atoms with E-state index in [0.717, 1.165) is 28.6 Å². The maximum absolute atomic E-state index is 12.3. The molecule has 2 N–H and O–H groups in total. The van der Waals surface area contributed by atoms with Gasteiger partial charge in [-0.3, -0.25) is 10.0 Å². The van der Waals surface area contributed by atoms with E-state index in [-0.39, 0.29) is 6.09 Å². The number of pyridine rings is 1. The second kappa shape index (κ2) is 9.07. The van der Waals surface area contributed by atoms with Crippen LogP contribution in [-0.4, -0.2) is 50.3 Å². The molecule has 0 aliphatic carbocycles. The lowest BCUT2D eigenvalue weighted by atomic mass is 9.98. The van der Waals surface area contributed by atoms with Crippen LogP contribution in [0.4, 0.5) is 4.79 Å². The van der Waals surface area contributed by atoms with Crippen molar-refractivity contribution in [3.05, 3.63) is 71.6 Å². The molecule has 1 aliphatic heterocycles. The SMILES string of the molecule is CC(C)(C)OC(=O)N1CC=C(c2ccnc3c2ccn3Cc2ccc(C(=O)NO)cc2)CC1. The molecule has 0 atom stereocenters. The Labute approximate surface area is 192 Å². The van der Waals surface area contributed by atoms with Gasteiger partial charge in [-0.1, -0.05) is 18.2 Å². The molecule has 0 radical (unpaired) electrons. The third-order valence-corrected chi connectivity index (χ3v) is 5.54. The Kier molecular flexibility index (Phi) is 6.20. The Morgan fingerprint density at radius 3 is 2.55 bits per heavy atom. The summed E-state index contributed by atoms with van der Waals surface area (Å²) in [6.45, 7) is 7.34. The molecule has 8 heteroatoms. The van der Waals surface area contributed by atoms with Gasteiger partial charge in [0.1, 0.15) is 11.2 Å². The topological polar surface area (TPSA) is 96.7 Å². The smallest absolute Gasteiger partial charge is 0.410 e. The van der Waals surface area contributed by atoms with E-state index in [0.29, 0.717) is 25.2 Å². The highest BCUT2D eigenvalue weighted by Crippen LogP contribution is 2.29. The van der Waals surface area contributed by atoms with Gasteiger partial charge in [-0.15, -0.1) is 0 Å². The Hall–Kier alpha value is -3.65. The molecule has 0 saturated carbocycles. The van der Waals surface area contributed by atoms with E-state index in [9.17, 15) is 9.59 Å². The Bertz CT molecular complexity index is 1210. The number of nitrogens with one attached hydrogen (secondary N) is 1. The fourth-order valence-corrected chi connectivity index (χ4v) is 3.93. The highest BCUT2D eigenvalue weighted by molar-refractivity contribution is 5.93. The van der Waals surface area contributed by atoms with Crippen molar-refractivity contribution >= 4 is 28.6 Å². The summed E-state index contributed by atoms with van der Waals surface area (Å²) in [5, 5.41) is 9.82. The second-order valence-electron chi connectivity index (χ2n) is 9.08. The first-order valence-corrected chi connectivity index (χ1v) is 10.9. The van der Waals surface area contributed by atoms with Crippen LogP contribution in [0.25, 0.3) is 16.6 Å². The van der Waals surface area contributed by atoms with Gasteiger partial charge in [0.2, 0.25) is 0 Å². The molecule has 33 heavy (non-hydrogen) atoms. The summed E-state index contributed by atoms with van der Waals surface area (Å²) in [4.78, 5) is 30.2. The van der Waals surface area contributed by atoms with Crippen LogP contribution in [0.5, 0.6) is 0 Å². The first kappa shape index (κ1) is 22.5. The van der Waals surface area contributed by atoms with Gasteiger partial charge in [0, 0.05) is 43.0 Å². The van der Waals surface area contributed by atoms with Gasteiger partial charge in [-0.25, -0.2) is 15.3 Å². The number of hydroxylamine groups is 1. The molecule has 3 heterocycles. The average Bonchev–Trinajstić information content (AvgIpc) is 3.21. The van der Waals surface area contributed by atoms with Gasteiger partial charge in [0.15, 0.2) is 0 Å². The Morgan fingerprint density at radius 1 is 1.15 bits per heavy atom. The Morgan fingerprint density at radius 2 is 1.91 bits per heavy atom. The first-order valence-electron chi connectivity index (χ1n) is 10.9. The van der Waals surface area contributed by atoms with Crippen LogP contribution < -0.4 is 5.48 Å². The van der Waals surface area contributed by atoms with Crippen LogP contribution in [0.3, 0.4) is 0 Å². The van der Waals surface area contributed by atoms with Gasteiger partial charge < -0.3 is 14.2 Å². The maximum atomic E-state index is 12.3. The van der Waals surface area contributed by atoms with E-state index in [1.165, 1.54) is 5.57 Å². The lowest BCUT2D eigenvalue weighted by Crippen LogP contribution is -2.39. The summed E-state index contributed by atoms with van der Waals surface area (Å²) >= 11 is 0. The number of amides is 2. The molecule has 2 aromatic heterocycles. The van der Waals surface area contributed by atoms with Crippen LogP contribution >= 0.6 is 0 Å². The van der Waals surface area contributed by atoms with Crippen LogP contribution in [0, 0.1) is 0 Å². The lowest BCUT2D eigenvalue weighted by molar-refractivity contribution is 0.0270. The van der Waals surface area contributed by atoms with E-state index in [2.05, 4.69) is 21.7 Å². The maximum Gasteiger partial charge on any atom is 0.410 e. The standard InChI is InChI=1S/C25H28N4O4/c1-25(2,3)33-24(31)28-13-9-18(10-14-28)20-8-12-26-22-21(20)11-15-29(22)16-17-4-6-19(7-5-17)23(30)27-32/h4-9,11-12,15,32H,10,13-14,16H2,1-3H3,(H,27,30). The highest BCUT2D eigenvalue weighted by atomic mass is 16.6. The van der Waals surface area contributed by atoms with Crippen LogP contribution in [0.2, 0.25) is 0 Å². The van der Waals surface area contributed by atoms with Gasteiger partial charge >= 0.3 is 6.09 Å². The number of hydrogen-bond donors (Lipinski definition) is 2. The van der Waals surface area contributed by atoms with Crippen molar-refractivity contribution in [2.24, 2.45) is 0 Å². The number of benzene rings is 1. The number of carbonyl (C=O) groups excluding carboxylic acids is 2. The van der Waals surface area contributed by atoms with E-state index in [1.54, 1.807) is 22.5 Å². The normalized spacial score (nSPS) is 14.2. The minimum absolute atomic E-state index is 0.286. The van der Waals surface area contributed by atoms with Gasteiger partial charge in [0.05, 0.1) is 0 Å². The third-order valence-electron chi connectivity index (χ3n) is 5.54. The molecule has 0 unspecified atom stereocenters. The van der Waals surface area contributed by atoms with E-state index < -0.39 is 11.5 Å². The van der Waals surface area contributed by atoms with Crippen molar-refractivity contribution in [2.45, 2.75) is 39.3 Å².